The van der Waals surface area contributed by atoms with E-state index >= 15 is 0 Å². The van der Waals surface area contributed by atoms with Gasteiger partial charge in [-0.2, -0.15) is 41.0 Å². The van der Waals surface area contributed by atoms with Gasteiger partial charge in [0.2, 0.25) is 0 Å². The van der Waals surface area contributed by atoms with Gasteiger partial charge in [-0.05, 0) is 17.4 Å². The van der Waals surface area contributed by atoms with Gasteiger partial charge in [0, 0.05) is 0 Å². The summed E-state index contributed by atoms with van der Waals surface area (Å²) < 4.78 is 2.19. The van der Waals surface area contributed by atoms with E-state index in [1.165, 1.54) is 85.5 Å². The number of hydrogen-bond donors (Lipinski definition) is 0. The average molecular weight is 713 g/mol. The Hall–Kier alpha value is -2.31. The Morgan fingerprint density at radius 1 is 0.756 bits per heavy atom. The minimum atomic E-state index is 0. The molecule has 4 aromatic carbocycles. The van der Waals surface area contributed by atoms with E-state index in [0.29, 0.717) is 5.92 Å². The van der Waals surface area contributed by atoms with Crippen molar-refractivity contribution < 1.29 is 49.0 Å². The quantitative estimate of drug-likeness (QED) is 0.231. The van der Waals surface area contributed by atoms with E-state index in [2.05, 4.69) is 163 Å². The van der Waals surface area contributed by atoms with Crippen LogP contribution in [0.5, 0.6) is 0 Å². The largest absolute Gasteiger partial charge is 1.00 e. The fourth-order valence-corrected chi connectivity index (χ4v) is 5.89. The average Bonchev–Trinajstić information content (AvgIpc) is 3.51. The summed E-state index contributed by atoms with van der Waals surface area (Å²) in [5.41, 5.74) is 15.3. The third-order valence-electron chi connectivity index (χ3n) is 8.12. The predicted octanol–water partition coefficient (Wildman–Crippen LogP) is 4.82. The van der Waals surface area contributed by atoms with Crippen LogP contribution in [0.4, 0.5) is 0 Å². The molecular formula is C42H46Cl2Zr-2. The summed E-state index contributed by atoms with van der Waals surface area (Å²) in [6, 6.07) is 34.1. The molecule has 1 atom stereocenters. The molecule has 0 heterocycles. The van der Waals surface area contributed by atoms with Crippen molar-refractivity contribution in [1.82, 2.24) is 0 Å². The maximum atomic E-state index is 3.53. The summed E-state index contributed by atoms with van der Waals surface area (Å²) in [4.78, 5) is 0. The Morgan fingerprint density at radius 3 is 1.89 bits per heavy atom. The molecule has 0 spiro atoms. The molecule has 0 aromatic heterocycles. The molecule has 45 heavy (non-hydrogen) atoms. The van der Waals surface area contributed by atoms with Gasteiger partial charge >= 0.3 is 70.3 Å². The standard InChI is InChI=1S/C21H25.C13H13.C8H8.2ClH.Zr/c1-20(2,3)16-9-7-14-11-15-8-10-17(21(4,5)6)13-19(15)18(14)12-16;1-10-8-11(2)13(9-10)12-6-4-3-5-7-12;1-7-3-5-8(2)6-4-7;;;/h7,9-10,12-13H,11H2,1-6H3;3-7,9-10H,1-2H3;1,3-6H,2H3;2*1H;/q2*-1;;;;+2/p-2. The number of allylic oxidation sites excluding steroid dienone is 4. The first kappa shape index (κ1) is 38.9. The van der Waals surface area contributed by atoms with E-state index in [9.17, 15) is 0 Å². The van der Waals surface area contributed by atoms with Crippen LogP contribution in [0.2, 0.25) is 0 Å². The first-order valence-corrected chi connectivity index (χ1v) is 16.8. The van der Waals surface area contributed by atoms with Crippen LogP contribution >= 0.6 is 0 Å². The van der Waals surface area contributed by atoms with E-state index in [1.54, 1.807) is 0 Å². The summed E-state index contributed by atoms with van der Waals surface area (Å²) in [6.45, 7) is 20.0. The first-order chi connectivity index (χ1) is 20.3. The number of hydrogen-bond acceptors (Lipinski definition) is 0. The van der Waals surface area contributed by atoms with Crippen molar-refractivity contribution >= 4 is 9.28 Å². The maximum Gasteiger partial charge on any atom is -1.00 e. The van der Waals surface area contributed by atoms with Crippen LogP contribution in [-0.4, -0.2) is 3.71 Å². The van der Waals surface area contributed by atoms with Gasteiger partial charge in [0.1, 0.15) is 0 Å². The fourth-order valence-electron chi connectivity index (χ4n) is 5.41. The molecule has 0 aliphatic heterocycles. The Labute approximate surface area is 300 Å². The normalized spacial score (nSPS) is 14.5. The summed E-state index contributed by atoms with van der Waals surface area (Å²) in [5.74, 6) is 0.468. The van der Waals surface area contributed by atoms with E-state index < -0.39 is 0 Å². The molecule has 0 saturated carbocycles. The minimum Gasteiger partial charge on any atom is -1.00 e. The second-order valence-corrected chi connectivity index (χ2v) is 14.6. The molecule has 3 heteroatoms. The van der Waals surface area contributed by atoms with Gasteiger partial charge < -0.3 is 24.8 Å². The van der Waals surface area contributed by atoms with Crippen molar-refractivity contribution in [2.75, 3.05) is 0 Å². The van der Waals surface area contributed by atoms with Gasteiger partial charge in [0.25, 0.3) is 0 Å². The summed E-state index contributed by atoms with van der Waals surface area (Å²) in [7, 11) is 0. The molecule has 6 rings (SSSR count). The summed E-state index contributed by atoms with van der Waals surface area (Å²) in [6.07, 6.45) is 6.69. The number of aryl methyl sites for hydroxylation is 1. The molecule has 234 valence electrons. The maximum absolute atomic E-state index is 3.53. The number of benzene rings is 4. The molecule has 2 aliphatic carbocycles. The molecule has 0 N–H and O–H groups in total. The molecule has 0 fully saturated rings. The number of rotatable bonds is 2. The van der Waals surface area contributed by atoms with E-state index in [1.807, 2.05) is 6.07 Å². The van der Waals surface area contributed by atoms with Crippen LogP contribution in [0.15, 0.2) is 96.6 Å². The van der Waals surface area contributed by atoms with Crippen LogP contribution in [0.3, 0.4) is 0 Å². The second kappa shape index (κ2) is 16.5. The predicted molar refractivity (Wildman–Crippen MR) is 183 cm³/mol. The zero-order valence-electron chi connectivity index (χ0n) is 28.3. The summed E-state index contributed by atoms with van der Waals surface area (Å²) in [5, 5.41) is 0. The van der Waals surface area contributed by atoms with Crippen LogP contribution in [0.25, 0.3) is 16.7 Å². The van der Waals surface area contributed by atoms with Crippen molar-refractivity contribution in [3.8, 4) is 11.1 Å². The van der Waals surface area contributed by atoms with Gasteiger partial charge in [0.05, 0.1) is 0 Å². The van der Waals surface area contributed by atoms with Gasteiger partial charge in [-0.25, -0.2) is 5.57 Å². The van der Waals surface area contributed by atoms with E-state index in [-0.39, 0.29) is 35.6 Å². The van der Waals surface area contributed by atoms with Gasteiger partial charge in [-0.15, -0.1) is 11.1 Å². The van der Waals surface area contributed by atoms with Crippen molar-refractivity contribution in [2.24, 2.45) is 5.92 Å². The molecule has 0 nitrogen and oxygen atoms in total. The molecule has 0 amide bonds. The molecule has 4 aromatic rings. The van der Waals surface area contributed by atoms with Crippen molar-refractivity contribution in [1.29, 1.82) is 0 Å². The third kappa shape index (κ3) is 10.3. The van der Waals surface area contributed by atoms with E-state index in [4.69, 9.17) is 0 Å². The smallest absolute Gasteiger partial charge is 1.00 e. The topological polar surface area (TPSA) is 0 Å². The zero-order chi connectivity index (χ0) is 31.4. The van der Waals surface area contributed by atoms with Crippen molar-refractivity contribution in [2.45, 2.75) is 79.6 Å². The Balaban J connectivity index is 0.000000252. The van der Waals surface area contributed by atoms with Gasteiger partial charge in [-0.1, -0.05) is 126 Å². The third-order valence-corrected chi connectivity index (χ3v) is 8.94. The van der Waals surface area contributed by atoms with Crippen LogP contribution in [0.1, 0.15) is 94.3 Å². The monoisotopic (exact) mass is 710 g/mol. The molecule has 0 bridgehead atoms. The number of fused-ring (bicyclic) bond motifs is 3. The first-order valence-electron chi connectivity index (χ1n) is 15.4. The zero-order valence-corrected chi connectivity index (χ0v) is 32.2. The Kier molecular flexibility index (Phi) is 14.3. The Morgan fingerprint density at radius 2 is 1.36 bits per heavy atom. The van der Waals surface area contributed by atoms with Gasteiger partial charge in [0.15, 0.2) is 0 Å². The van der Waals surface area contributed by atoms with Gasteiger partial charge in [-0.3, -0.25) is 6.08 Å². The molecule has 2 aliphatic rings. The number of halogens is 2. The fraction of sp³-hybridized carbons (Fsp3) is 0.310. The molecular weight excluding hydrogens is 667 g/mol. The molecule has 0 radical (unpaired) electrons. The SMILES string of the molecule is CC(C)(C)c1c[c-]c2c(c1)-c1cc(C(C)(C)C)ccc1C2.CC1=[C-]C(C)C=C1c1ccccc1.Cc1ccc([CH]=[Zr+2])cc1.[Cl-].[Cl-]. The molecule has 0 saturated heterocycles. The van der Waals surface area contributed by atoms with Crippen LogP contribution in [0, 0.1) is 25.0 Å². The van der Waals surface area contributed by atoms with Crippen LogP contribution < -0.4 is 24.8 Å². The van der Waals surface area contributed by atoms with Crippen LogP contribution in [-0.2, 0) is 41.5 Å². The second-order valence-electron chi connectivity index (χ2n) is 13.9. The summed E-state index contributed by atoms with van der Waals surface area (Å²) >= 11 is 1.47. The van der Waals surface area contributed by atoms with Crippen molar-refractivity contribution in [3.05, 3.63) is 148 Å². The minimum absolute atomic E-state index is 0. The Bertz CT molecular complexity index is 1570. The molecule has 1 unspecified atom stereocenters. The van der Waals surface area contributed by atoms with E-state index in [0.717, 1.165) is 6.42 Å². The van der Waals surface area contributed by atoms with Crippen molar-refractivity contribution in [3.63, 3.8) is 0 Å².